The van der Waals surface area contributed by atoms with Crippen LogP contribution in [0.1, 0.15) is 42.5 Å². The molecule has 0 aliphatic heterocycles. The fourth-order valence-corrected chi connectivity index (χ4v) is 3.73. The van der Waals surface area contributed by atoms with Gasteiger partial charge in [-0.25, -0.2) is 0 Å². The summed E-state index contributed by atoms with van der Waals surface area (Å²) >= 11 is 3.73. The first-order valence-corrected chi connectivity index (χ1v) is 8.59. The van der Waals surface area contributed by atoms with Crippen LogP contribution in [-0.4, -0.2) is 16.8 Å². The number of halogens is 1. The summed E-state index contributed by atoms with van der Waals surface area (Å²) < 4.78 is 0. The Balaban J connectivity index is 1.76. The molecule has 0 saturated heterocycles. The number of benzene rings is 2. The van der Waals surface area contributed by atoms with Crippen LogP contribution < -0.4 is 5.32 Å². The lowest BCUT2D eigenvalue weighted by Crippen LogP contribution is -2.40. The highest BCUT2D eigenvalue weighted by Crippen LogP contribution is 2.24. The van der Waals surface area contributed by atoms with Gasteiger partial charge in [0.1, 0.15) is 0 Å². The summed E-state index contributed by atoms with van der Waals surface area (Å²) in [4.78, 5) is 12.9. The smallest absolute Gasteiger partial charge is 0.251 e. The highest BCUT2D eigenvalue weighted by molar-refractivity contribution is 9.09. The molecule has 0 radical (unpaired) electrons. The molecule has 1 fully saturated rings. The van der Waals surface area contributed by atoms with Gasteiger partial charge in [0.2, 0.25) is 0 Å². The van der Waals surface area contributed by atoms with Crippen molar-refractivity contribution in [3.05, 3.63) is 48.0 Å². The fraction of sp³-hybridized carbons (Fsp3) is 0.389. The normalized spacial score (nSPS) is 22.7. The largest absolute Gasteiger partial charge is 0.348 e. The third kappa shape index (κ3) is 3.46. The number of hydrogen-bond acceptors (Lipinski definition) is 1. The number of fused-ring (bicyclic) bond motifs is 1. The number of nitrogens with one attached hydrogen (secondary N) is 1. The van der Waals surface area contributed by atoms with E-state index in [0.717, 1.165) is 23.8 Å². The first-order chi connectivity index (χ1) is 10.2. The lowest BCUT2D eigenvalue weighted by Gasteiger charge is -2.21. The van der Waals surface area contributed by atoms with Crippen LogP contribution in [0.3, 0.4) is 0 Å². The number of amides is 1. The molecule has 2 aromatic carbocycles. The predicted molar refractivity (Wildman–Crippen MR) is 91.0 cm³/mol. The molecule has 2 aromatic rings. The van der Waals surface area contributed by atoms with E-state index in [0.29, 0.717) is 4.83 Å². The van der Waals surface area contributed by atoms with E-state index in [2.05, 4.69) is 27.3 Å². The first kappa shape index (κ1) is 14.6. The summed E-state index contributed by atoms with van der Waals surface area (Å²) in [5, 5.41) is 5.48. The zero-order valence-electron chi connectivity index (χ0n) is 12.0. The van der Waals surface area contributed by atoms with E-state index in [4.69, 9.17) is 0 Å². The maximum atomic E-state index is 12.5. The Labute approximate surface area is 134 Å². The average molecular weight is 346 g/mol. The molecule has 0 spiro atoms. The molecule has 1 saturated carbocycles. The molecule has 3 rings (SSSR count). The van der Waals surface area contributed by atoms with Crippen molar-refractivity contribution in [2.45, 2.75) is 43.0 Å². The molecule has 2 atom stereocenters. The van der Waals surface area contributed by atoms with Crippen LogP contribution >= 0.6 is 15.9 Å². The summed E-state index contributed by atoms with van der Waals surface area (Å²) in [6.45, 7) is 0. The van der Waals surface area contributed by atoms with E-state index < -0.39 is 0 Å². The molecule has 0 aromatic heterocycles. The maximum absolute atomic E-state index is 12.5. The minimum atomic E-state index is 0.0390. The Hall–Kier alpha value is -1.35. The van der Waals surface area contributed by atoms with Gasteiger partial charge in [0, 0.05) is 16.4 Å². The Morgan fingerprint density at radius 3 is 2.62 bits per heavy atom. The van der Waals surface area contributed by atoms with Crippen molar-refractivity contribution in [2.24, 2.45) is 0 Å². The van der Waals surface area contributed by atoms with Gasteiger partial charge in [-0.1, -0.05) is 65.5 Å². The molecule has 2 nitrogen and oxygen atoms in total. The molecule has 3 heteroatoms. The summed E-state index contributed by atoms with van der Waals surface area (Å²) in [5.74, 6) is 0.0390. The first-order valence-electron chi connectivity index (χ1n) is 7.68. The monoisotopic (exact) mass is 345 g/mol. The van der Waals surface area contributed by atoms with E-state index >= 15 is 0 Å². The lowest BCUT2D eigenvalue weighted by atomic mass is 10.1. The minimum absolute atomic E-state index is 0.0390. The van der Waals surface area contributed by atoms with Gasteiger partial charge < -0.3 is 5.32 Å². The van der Waals surface area contributed by atoms with Gasteiger partial charge in [-0.2, -0.15) is 0 Å². The van der Waals surface area contributed by atoms with Gasteiger partial charge >= 0.3 is 0 Å². The van der Waals surface area contributed by atoms with Gasteiger partial charge in [-0.3, -0.25) is 4.79 Å². The van der Waals surface area contributed by atoms with E-state index in [1.807, 2.05) is 36.4 Å². The lowest BCUT2D eigenvalue weighted by molar-refractivity contribution is 0.0935. The van der Waals surface area contributed by atoms with Gasteiger partial charge in [-0.05, 0) is 35.7 Å². The molecule has 0 bridgehead atoms. The van der Waals surface area contributed by atoms with Crippen LogP contribution in [0.15, 0.2) is 42.5 Å². The quantitative estimate of drug-likeness (QED) is 0.622. The Kier molecular flexibility index (Phi) is 4.59. The van der Waals surface area contributed by atoms with Gasteiger partial charge in [0.25, 0.3) is 5.91 Å². The topological polar surface area (TPSA) is 29.1 Å². The van der Waals surface area contributed by atoms with Crippen molar-refractivity contribution < 1.29 is 4.79 Å². The van der Waals surface area contributed by atoms with E-state index in [9.17, 15) is 4.79 Å². The second-order valence-electron chi connectivity index (χ2n) is 5.80. The zero-order chi connectivity index (χ0) is 14.7. The van der Waals surface area contributed by atoms with Crippen molar-refractivity contribution in [1.29, 1.82) is 0 Å². The molecule has 1 amide bonds. The number of rotatable bonds is 2. The molecule has 0 heterocycles. The van der Waals surface area contributed by atoms with Crippen LogP contribution in [0, 0.1) is 0 Å². The SMILES string of the molecule is O=C(NC1CCCCCC1Br)c1ccc2ccccc2c1. The van der Waals surface area contributed by atoms with Crippen molar-refractivity contribution in [3.63, 3.8) is 0 Å². The zero-order valence-corrected chi connectivity index (χ0v) is 13.6. The van der Waals surface area contributed by atoms with E-state index in [-0.39, 0.29) is 11.9 Å². The molecule has 21 heavy (non-hydrogen) atoms. The number of carbonyl (C=O) groups excluding carboxylic acids is 1. The van der Waals surface area contributed by atoms with Crippen LogP contribution in [-0.2, 0) is 0 Å². The van der Waals surface area contributed by atoms with Gasteiger partial charge in [-0.15, -0.1) is 0 Å². The number of alkyl halides is 1. The van der Waals surface area contributed by atoms with Crippen LogP contribution in [0.2, 0.25) is 0 Å². The molecule has 1 aliphatic carbocycles. The minimum Gasteiger partial charge on any atom is -0.348 e. The third-order valence-corrected chi connectivity index (χ3v) is 5.36. The van der Waals surface area contributed by atoms with Crippen molar-refractivity contribution >= 4 is 32.6 Å². The third-order valence-electron chi connectivity index (χ3n) is 4.26. The van der Waals surface area contributed by atoms with Crippen molar-refractivity contribution in [2.75, 3.05) is 0 Å². The fourth-order valence-electron chi connectivity index (χ4n) is 3.01. The summed E-state index contributed by atoms with van der Waals surface area (Å²) in [7, 11) is 0. The predicted octanol–water partition coefficient (Wildman–Crippen LogP) is 4.67. The highest BCUT2D eigenvalue weighted by atomic mass is 79.9. The van der Waals surface area contributed by atoms with Gasteiger partial charge in [0.15, 0.2) is 0 Å². The van der Waals surface area contributed by atoms with Crippen LogP contribution in [0.4, 0.5) is 0 Å². The number of hydrogen-bond donors (Lipinski definition) is 1. The van der Waals surface area contributed by atoms with Crippen molar-refractivity contribution in [3.8, 4) is 0 Å². The molecule has 110 valence electrons. The second-order valence-corrected chi connectivity index (χ2v) is 6.97. The standard InChI is InChI=1S/C18H20BrNO/c19-16-8-2-1-3-9-17(16)20-18(21)15-11-10-13-6-4-5-7-14(13)12-15/h4-7,10-12,16-17H,1-3,8-9H2,(H,20,21). The van der Waals surface area contributed by atoms with E-state index in [1.54, 1.807) is 0 Å². The maximum Gasteiger partial charge on any atom is 0.251 e. The highest BCUT2D eigenvalue weighted by Gasteiger charge is 2.23. The summed E-state index contributed by atoms with van der Waals surface area (Å²) in [6, 6.07) is 14.3. The molecular weight excluding hydrogens is 326 g/mol. The number of carbonyl (C=O) groups is 1. The summed E-state index contributed by atoms with van der Waals surface area (Å²) in [5.41, 5.74) is 0.748. The van der Waals surface area contributed by atoms with Crippen LogP contribution in [0.25, 0.3) is 10.8 Å². The van der Waals surface area contributed by atoms with Crippen LogP contribution in [0.5, 0.6) is 0 Å². The molecule has 1 aliphatic rings. The van der Waals surface area contributed by atoms with Crippen molar-refractivity contribution in [1.82, 2.24) is 5.32 Å². The molecule has 1 N–H and O–H groups in total. The van der Waals surface area contributed by atoms with E-state index in [1.165, 1.54) is 24.6 Å². The Bertz CT molecular complexity index is 640. The summed E-state index contributed by atoms with van der Waals surface area (Å²) in [6.07, 6.45) is 5.92. The molecular formula is C18H20BrNO. The average Bonchev–Trinajstić information content (AvgIpc) is 2.72. The Morgan fingerprint density at radius 1 is 1.00 bits per heavy atom. The second kappa shape index (κ2) is 6.61. The Morgan fingerprint density at radius 2 is 1.76 bits per heavy atom. The van der Waals surface area contributed by atoms with Gasteiger partial charge in [0.05, 0.1) is 0 Å². The molecule has 2 unspecified atom stereocenters.